The first-order valence-corrected chi connectivity index (χ1v) is 10.7. The van der Waals surface area contributed by atoms with Crippen LogP contribution >= 0.6 is 0 Å². The summed E-state index contributed by atoms with van der Waals surface area (Å²) < 4.78 is 15.3. The molecule has 0 aromatic heterocycles. The van der Waals surface area contributed by atoms with Crippen molar-refractivity contribution in [2.45, 2.75) is 44.9 Å². The number of rotatable bonds is 11. The molecule has 1 amide bonds. The van der Waals surface area contributed by atoms with E-state index in [9.17, 15) is 14.4 Å². The first-order valence-electron chi connectivity index (χ1n) is 10.7. The van der Waals surface area contributed by atoms with Crippen molar-refractivity contribution in [1.29, 1.82) is 0 Å². The number of carbonyl (C=O) groups is 3. The van der Waals surface area contributed by atoms with Gasteiger partial charge in [0.1, 0.15) is 6.61 Å². The Balaban J connectivity index is 1.45. The SMILES string of the molecule is O=C(/C=C/C(=O)OCCNC(=O)C1CCCCC1)OCCCCN1CCOCC1. The number of carbonyl (C=O) groups excluding carboxylic acids is 3. The first kappa shape index (κ1) is 23.3. The summed E-state index contributed by atoms with van der Waals surface area (Å²) >= 11 is 0. The van der Waals surface area contributed by atoms with Crippen LogP contribution in [0.25, 0.3) is 0 Å². The van der Waals surface area contributed by atoms with Crippen molar-refractivity contribution in [3.05, 3.63) is 12.2 Å². The quantitative estimate of drug-likeness (QED) is 0.313. The average Bonchev–Trinajstić information content (AvgIpc) is 2.76. The number of nitrogens with zero attached hydrogens (tertiary/aromatic N) is 1. The molecule has 0 aromatic rings. The number of hydrogen-bond acceptors (Lipinski definition) is 7. The summed E-state index contributed by atoms with van der Waals surface area (Å²) in [5, 5.41) is 2.79. The lowest BCUT2D eigenvalue weighted by Crippen LogP contribution is -2.36. The lowest BCUT2D eigenvalue weighted by Gasteiger charge is -2.26. The van der Waals surface area contributed by atoms with Crippen molar-refractivity contribution < 1.29 is 28.6 Å². The van der Waals surface area contributed by atoms with Crippen LogP contribution in [0.2, 0.25) is 0 Å². The summed E-state index contributed by atoms with van der Waals surface area (Å²) in [7, 11) is 0. The fourth-order valence-electron chi connectivity index (χ4n) is 3.50. The van der Waals surface area contributed by atoms with Crippen molar-refractivity contribution in [1.82, 2.24) is 10.2 Å². The molecule has 2 rings (SSSR count). The van der Waals surface area contributed by atoms with Gasteiger partial charge in [-0.25, -0.2) is 9.59 Å². The second kappa shape index (κ2) is 14.1. The van der Waals surface area contributed by atoms with Gasteiger partial charge in [0.2, 0.25) is 5.91 Å². The summed E-state index contributed by atoms with van der Waals surface area (Å²) in [6, 6.07) is 0. The standard InChI is InChI=1S/C21H34N2O6/c24-19(28-14-5-4-11-23-12-16-27-17-13-23)8-9-20(25)29-15-10-22-21(26)18-6-2-1-3-7-18/h8-9,18H,1-7,10-17H2,(H,22,26)/b9-8+. The minimum atomic E-state index is -0.624. The summed E-state index contributed by atoms with van der Waals surface area (Å²) in [6.45, 7) is 5.13. The molecule has 2 aliphatic rings. The van der Waals surface area contributed by atoms with E-state index in [2.05, 4.69) is 10.2 Å². The van der Waals surface area contributed by atoms with Gasteiger partial charge in [-0.1, -0.05) is 19.3 Å². The number of hydrogen-bond donors (Lipinski definition) is 1. The Kier molecular flexibility index (Phi) is 11.4. The van der Waals surface area contributed by atoms with E-state index >= 15 is 0 Å². The number of morpholine rings is 1. The van der Waals surface area contributed by atoms with E-state index in [4.69, 9.17) is 14.2 Å². The third-order valence-corrected chi connectivity index (χ3v) is 5.19. The van der Waals surface area contributed by atoms with Crippen LogP contribution in [-0.4, -0.2) is 75.4 Å². The normalized spacial score (nSPS) is 18.5. The number of ether oxygens (including phenoxy) is 3. The van der Waals surface area contributed by atoms with Gasteiger partial charge >= 0.3 is 11.9 Å². The Morgan fingerprint density at radius 1 is 0.931 bits per heavy atom. The number of unbranched alkanes of at least 4 members (excludes halogenated alkanes) is 1. The van der Waals surface area contributed by atoms with Gasteiger partial charge in [-0.05, 0) is 32.2 Å². The van der Waals surface area contributed by atoms with Gasteiger partial charge in [-0.3, -0.25) is 9.69 Å². The van der Waals surface area contributed by atoms with Crippen molar-refractivity contribution in [2.75, 3.05) is 52.6 Å². The van der Waals surface area contributed by atoms with Crippen LogP contribution in [0, 0.1) is 5.92 Å². The maximum atomic E-state index is 12.0. The van der Waals surface area contributed by atoms with Crippen molar-refractivity contribution >= 4 is 17.8 Å². The Morgan fingerprint density at radius 3 is 2.28 bits per heavy atom. The molecular formula is C21H34N2O6. The molecule has 0 atom stereocenters. The van der Waals surface area contributed by atoms with Gasteiger partial charge in [-0.15, -0.1) is 0 Å². The van der Waals surface area contributed by atoms with E-state index < -0.39 is 11.9 Å². The zero-order valence-electron chi connectivity index (χ0n) is 17.2. The largest absolute Gasteiger partial charge is 0.463 e. The average molecular weight is 411 g/mol. The Labute approximate surface area is 172 Å². The van der Waals surface area contributed by atoms with Gasteiger partial charge in [0.25, 0.3) is 0 Å². The molecule has 0 radical (unpaired) electrons. The second-order valence-corrected chi connectivity index (χ2v) is 7.46. The third-order valence-electron chi connectivity index (χ3n) is 5.19. The summed E-state index contributed by atoms with van der Waals surface area (Å²) in [5.41, 5.74) is 0. The molecule has 1 N–H and O–H groups in total. The fourth-order valence-corrected chi connectivity index (χ4v) is 3.50. The van der Waals surface area contributed by atoms with Crippen LogP contribution in [0.3, 0.4) is 0 Å². The highest BCUT2D eigenvalue weighted by atomic mass is 16.5. The van der Waals surface area contributed by atoms with E-state index in [1.807, 2.05) is 0 Å². The minimum Gasteiger partial charge on any atom is -0.463 e. The molecule has 2 fully saturated rings. The predicted molar refractivity (Wildman–Crippen MR) is 107 cm³/mol. The second-order valence-electron chi connectivity index (χ2n) is 7.46. The first-order chi connectivity index (χ1) is 14.1. The summed E-state index contributed by atoms with van der Waals surface area (Å²) in [6.07, 6.45) is 9.12. The van der Waals surface area contributed by atoms with Crippen LogP contribution in [0.4, 0.5) is 0 Å². The van der Waals surface area contributed by atoms with Crippen LogP contribution in [0.1, 0.15) is 44.9 Å². The minimum absolute atomic E-state index is 0.0356. The smallest absolute Gasteiger partial charge is 0.331 e. The monoisotopic (exact) mass is 410 g/mol. The highest BCUT2D eigenvalue weighted by Crippen LogP contribution is 2.23. The van der Waals surface area contributed by atoms with E-state index in [0.29, 0.717) is 6.61 Å². The molecule has 8 nitrogen and oxygen atoms in total. The lowest BCUT2D eigenvalue weighted by atomic mass is 9.89. The molecule has 1 aliphatic heterocycles. The number of nitrogens with one attached hydrogen (secondary N) is 1. The van der Waals surface area contributed by atoms with Gasteiger partial charge < -0.3 is 19.5 Å². The fraction of sp³-hybridized carbons (Fsp3) is 0.762. The number of amides is 1. The lowest BCUT2D eigenvalue weighted by molar-refractivity contribution is -0.140. The predicted octanol–water partition coefficient (Wildman–Crippen LogP) is 1.44. The molecule has 1 aliphatic carbocycles. The zero-order chi connectivity index (χ0) is 20.7. The van der Waals surface area contributed by atoms with Crippen molar-refractivity contribution in [3.8, 4) is 0 Å². The molecular weight excluding hydrogens is 376 g/mol. The van der Waals surface area contributed by atoms with Crippen LogP contribution in [-0.2, 0) is 28.6 Å². The summed E-state index contributed by atoms with van der Waals surface area (Å²) in [4.78, 5) is 37.5. The molecule has 1 saturated carbocycles. The van der Waals surface area contributed by atoms with E-state index in [1.54, 1.807) is 0 Å². The van der Waals surface area contributed by atoms with Crippen molar-refractivity contribution in [3.63, 3.8) is 0 Å². The van der Waals surface area contributed by atoms with Crippen LogP contribution < -0.4 is 5.32 Å². The molecule has 0 spiro atoms. The Hall–Kier alpha value is -1.93. The van der Waals surface area contributed by atoms with Crippen LogP contribution in [0.5, 0.6) is 0 Å². The van der Waals surface area contributed by atoms with E-state index in [-0.39, 0.29) is 25.0 Å². The molecule has 1 heterocycles. The Morgan fingerprint density at radius 2 is 1.59 bits per heavy atom. The van der Waals surface area contributed by atoms with Gasteiger partial charge in [0.15, 0.2) is 0 Å². The molecule has 8 heteroatoms. The van der Waals surface area contributed by atoms with Crippen molar-refractivity contribution in [2.24, 2.45) is 5.92 Å². The number of esters is 2. The highest BCUT2D eigenvalue weighted by Gasteiger charge is 2.20. The topological polar surface area (TPSA) is 94.2 Å². The molecule has 164 valence electrons. The summed E-state index contributed by atoms with van der Waals surface area (Å²) in [5.74, 6) is -1.06. The van der Waals surface area contributed by atoms with E-state index in [1.165, 1.54) is 6.42 Å². The maximum Gasteiger partial charge on any atom is 0.331 e. The maximum absolute atomic E-state index is 12.0. The molecule has 0 aromatic carbocycles. The highest BCUT2D eigenvalue weighted by molar-refractivity contribution is 5.91. The van der Waals surface area contributed by atoms with Crippen LogP contribution in [0.15, 0.2) is 12.2 Å². The molecule has 0 bridgehead atoms. The zero-order valence-corrected chi connectivity index (χ0v) is 17.2. The van der Waals surface area contributed by atoms with Gasteiger partial charge in [-0.2, -0.15) is 0 Å². The van der Waals surface area contributed by atoms with E-state index in [0.717, 1.165) is 83.5 Å². The molecule has 29 heavy (non-hydrogen) atoms. The van der Waals surface area contributed by atoms with Gasteiger partial charge in [0, 0.05) is 31.2 Å². The third kappa shape index (κ3) is 10.4. The molecule has 1 saturated heterocycles. The van der Waals surface area contributed by atoms with Gasteiger partial charge in [0.05, 0.1) is 26.4 Å². The molecule has 0 unspecified atom stereocenters. The Bertz CT molecular complexity index is 539.